The molecule has 0 spiro atoms. The van der Waals surface area contributed by atoms with Crippen molar-refractivity contribution in [3.63, 3.8) is 0 Å². The Kier molecular flexibility index (Phi) is 5.44. The molecule has 2 rings (SSSR count). The summed E-state index contributed by atoms with van der Waals surface area (Å²) in [5.41, 5.74) is 2.06. The molecule has 0 saturated heterocycles. The fraction of sp³-hybridized carbons (Fsp3) is 0.333. The highest BCUT2D eigenvalue weighted by Crippen LogP contribution is 2.28. The van der Waals surface area contributed by atoms with Crippen LogP contribution in [0.1, 0.15) is 23.6 Å². The van der Waals surface area contributed by atoms with Crippen molar-refractivity contribution < 1.29 is 10.0 Å². The topological polar surface area (TPSA) is 66.6 Å². The van der Waals surface area contributed by atoms with E-state index in [2.05, 4.69) is 4.90 Å². The zero-order valence-electron chi connectivity index (χ0n) is 11.8. The number of nitro groups is 1. The van der Waals surface area contributed by atoms with Gasteiger partial charge in [-0.25, -0.2) is 0 Å². The van der Waals surface area contributed by atoms with Crippen molar-refractivity contribution in [2.24, 2.45) is 0 Å². The zero-order chi connectivity index (χ0) is 15.2. The van der Waals surface area contributed by atoms with Crippen LogP contribution in [0.5, 0.6) is 0 Å². The SMILES string of the molecule is CN(Cc1csc([N+](=O)[O-])c1)[C@@H](CCO)c1ccccc1. The average Bonchev–Trinajstić information content (AvgIpc) is 2.94. The highest BCUT2D eigenvalue weighted by Gasteiger charge is 2.18. The third-order valence-corrected chi connectivity index (χ3v) is 4.30. The minimum absolute atomic E-state index is 0.0927. The van der Waals surface area contributed by atoms with Crippen molar-refractivity contribution in [2.45, 2.75) is 19.0 Å². The van der Waals surface area contributed by atoms with Gasteiger partial charge in [0.25, 0.3) is 0 Å². The van der Waals surface area contributed by atoms with Crippen LogP contribution < -0.4 is 0 Å². The summed E-state index contributed by atoms with van der Waals surface area (Å²) >= 11 is 1.15. The van der Waals surface area contributed by atoms with Crippen molar-refractivity contribution in [3.8, 4) is 0 Å². The first-order valence-electron chi connectivity index (χ1n) is 6.69. The number of hydrogen-bond donors (Lipinski definition) is 1. The summed E-state index contributed by atoms with van der Waals surface area (Å²) < 4.78 is 0. The van der Waals surface area contributed by atoms with Gasteiger partial charge in [-0.15, -0.1) is 0 Å². The molecule has 0 radical (unpaired) electrons. The minimum atomic E-state index is -0.365. The van der Waals surface area contributed by atoms with Gasteiger partial charge in [-0.3, -0.25) is 15.0 Å². The molecule has 5 nitrogen and oxygen atoms in total. The molecule has 1 heterocycles. The number of benzene rings is 1. The van der Waals surface area contributed by atoms with Crippen LogP contribution in [0.15, 0.2) is 41.8 Å². The van der Waals surface area contributed by atoms with E-state index in [-0.39, 0.29) is 22.6 Å². The Labute approximate surface area is 127 Å². The first-order valence-corrected chi connectivity index (χ1v) is 7.57. The quantitative estimate of drug-likeness (QED) is 0.630. The molecule has 0 aliphatic carbocycles. The van der Waals surface area contributed by atoms with E-state index in [0.29, 0.717) is 13.0 Å². The third-order valence-electron chi connectivity index (χ3n) is 3.37. The first kappa shape index (κ1) is 15.6. The largest absolute Gasteiger partial charge is 0.396 e. The molecule has 1 aromatic heterocycles. The second-order valence-electron chi connectivity index (χ2n) is 4.90. The molecule has 21 heavy (non-hydrogen) atoms. The predicted molar refractivity (Wildman–Crippen MR) is 83.3 cm³/mol. The molecule has 0 saturated carbocycles. The molecule has 1 atom stereocenters. The highest BCUT2D eigenvalue weighted by molar-refractivity contribution is 7.13. The van der Waals surface area contributed by atoms with E-state index in [1.807, 2.05) is 42.8 Å². The number of nitrogens with zero attached hydrogens (tertiary/aromatic N) is 2. The van der Waals surface area contributed by atoms with E-state index in [4.69, 9.17) is 0 Å². The van der Waals surface area contributed by atoms with E-state index < -0.39 is 0 Å². The molecule has 0 bridgehead atoms. The molecule has 1 N–H and O–H groups in total. The van der Waals surface area contributed by atoms with Crippen molar-refractivity contribution in [2.75, 3.05) is 13.7 Å². The van der Waals surface area contributed by atoms with E-state index in [0.717, 1.165) is 22.5 Å². The van der Waals surface area contributed by atoms with Gasteiger partial charge in [0.05, 0.1) is 4.92 Å². The maximum Gasteiger partial charge on any atom is 0.324 e. The van der Waals surface area contributed by atoms with Gasteiger partial charge < -0.3 is 5.11 Å². The molecule has 0 amide bonds. The maximum absolute atomic E-state index is 10.7. The normalized spacial score (nSPS) is 12.5. The van der Waals surface area contributed by atoms with Crippen molar-refractivity contribution in [1.29, 1.82) is 0 Å². The Morgan fingerprint density at radius 3 is 2.67 bits per heavy atom. The van der Waals surface area contributed by atoms with Crippen LogP contribution in [0.25, 0.3) is 0 Å². The summed E-state index contributed by atoms with van der Waals surface area (Å²) in [6.45, 7) is 0.720. The summed E-state index contributed by atoms with van der Waals surface area (Å²) in [7, 11) is 1.97. The minimum Gasteiger partial charge on any atom is -0.396 e. The van der Waals surface area contributed by atoms with Crippen molar-refractivity contribution in [1.82, 2.24) is 4.90 Å². The summed E-state index contributed by atoms with van der Waals surface area (Å²) in [6.07, 6.45) is 0.632. The molecule has 112 valence electrons. The molecule has 0 aliphatic rings. The van der Waals surface area contributed by atoms with Gasteiger partial charge in [-0.2, -0.15) is 0 Å². The van der Waals surface area contributed by atoms with E-state index in [9.17, 15) is 15.2 Å². The Balaban J connectivity index is 2.11. The Bertz CT molecular complexity index is 586. The zero-order valence-corrected chi connectivity index (χ0v) is 12.6. The lowest BCUT2D eigenvalue weighted by Crippen LogP contribution is -2.25. The van der Waals surface area contributed by atoms with Gasteiger partial charge in [-0.05, 0) is 24.6 Å². The van der Waals surface area contributed by atoms with Crippen LogP contribution in [0.4, 0.5) is 5.00 Å². The Morgan fingerprint density at radius 2 is 2.10 bits per heavy atom. The number of hydrogen-bond acceptors (Lipinski definition) is 5. The third kappa shape index (κ3) is 4.10. The molecular weight excluding hydrogens is 288 g/mol. The predicted octanol–water partition coefficient (Wildman–Crippen LogP) is 3.21. The highest BCUT2D eigenvalue weighted by atomic mass is 32.1. The van der Waals surface area contributed by atoms with E-state index in [1.54, 1.807) is 6.07 Å². The van der Waals surface area contributed by atoms with Crippen molar-refractivity contribution in [3.05, 3.63) is 63.0 Å². The molecule has 0 aliphatic heterocycles. The lowest BCUT2D eigenvalue weighted by atomic mass is 10.0. The van der Waals surface area contributed by atoms with Crippen molar-refractivity contribution >= 4 is 16.3 Å². The van der Waals surface area contributed by atoms with Gasteiger partial charge in [0, 0.05) is 30.6 Å². The monoisotopic (exact) mass is 306 g/mol. The lowest BCUT2D eigenvalue weighted by molar-refractivity contribution is -0.380. The fourth-order valence-electron chi connectivity index (χ4n) is 2.38. The summed E-state index contributed by atoms with van der Waals surface area (Å²) in [4.78, 5) is 12.5. The van der Waals surface area contributed by atoms with Crippen LogP contribution in [0.2, 0.25) is 0 Å². The molecular formula is C15H18N2O3S. The second kappa shape index (κ2) is 7.31. The second-order valence-corrected chi connectivity index (χ2v) is 5.79. The smallest absolute Gasteiger partial charge is 0.324 e. The van der Waals surface area contributed by atoms with Gasteiger partial charge in [0.1, 0.15) is 0 Å². The van der Waals surface area contributed by atoms with Gasteiger partial charge >= 0.3 is 5.00 Å². The van der Waals surface area contributed by atoms with E-state index in [1.165, 1.54) is 0 Å². The average molecular weight is 306 g/mol. The first-order chi connectivity index (χ1) is 10.1. The fourth-order valence-corrected chi connectivity index (χ4v) is 3.10. The molecule has 0 fully saturated rings. The number of rotatable bonds is 7. The van der Waals surface area contributed by atoms with E-state index >= 15 is 0 Å². The number of aliphatic hydroxyl groups is 1. The molecule has 2 aromatic rings. The number of aliphatic hydroxyl groups excluding tert-OH is 1. The van der Waals surface area contributed by atoms with Crippen LogP contribution in [-0.2, 0) is 6.54 Å². The Hall–Kier alpha value is -1.76. The van der Waals surface area contributed by atoms with Crippen LogP contribution in [-0.4, -0.2) is 28.6 Å². The summed E-state index contributed by atoms with van der Waals surface area (Å²) in [5.74, 6) is 0. The molecule has 0 unspecified atom stereocenters. The van der Waals surface area contributed by atoms with Crippen LogP contribution in [0, 0.1) is 10.1 Å². The maximum atomic E-state index is 10.7. The standard InChI is InChI=1S/C15H18N2O3S/c1-16(10-12-9-15(17(19)20)21-11-12)14(7-8-18)13-5-3-2-4-6-13/h2-6,9,11,14,18H,7-8,10H2,1H3/t14-/m0/s1. The molecule has 1 aromatic carbocycles. The van der Waals surface area contributed by atoms with Crippen LogP contribution in [0.3, 0.4) is 0 Å². The summed E-state index contributed by atoms with van der Waals surface area (Å²) in [6, 6.07) is 11.7. The number of thiophene rings is 1. The van der Waals surface area contributed by atoms with Crippen LogP contribution >= 0.6 is 11.3 Å². The molecule has 6 heteroatoms. The summed E-state index contributed by atoms with van der Waals surface area (Å²) in [5, 5.41) is 22.0. The lowest BCUT2D eigenvalue weighted by Gasteiger charge is -2.27. The van der Waals surface area contributed by atoms with Gasteiger partial charge in [-0.1, -0.05) is 41.7 Å². The van der Waals surface area contributed by atoms with Gasteiger partial charge in [0.15, 0.2) is 0 Å². The Morgan fingerprint density at radius 1 is 1.38 bits per heavy atom. The van der Waals surface area contributed by atoms with Gasteiger partial charge in [0.2, 0.25) is 0 Å².